The van der Waals surface area contributed by atoms with Crippen LogP contribution >= 0.6 is 20.8 Å². The first-order valence-electron chi connectivity index (χ1n) is 6.91. The Kier molecular flexibility index (Phi) is 7.13. The summed E-state index contributed by atoms with van der Waals surface area (Å²) in [4.78, 5) is 12.3. The Hall–Kier alpha value is -0.810. The molecule has 5 nitrogen and oxygen atoms in total. The van der Waals surface area contributed by atoms with Crippen LogP contribution in [0.25, 0.3) is 0 Å². The summed E-state index contributed by atoms with van der Waals surface area (Å²) in [6.07, 6.45) is 2.53. The molecule has 0 bridgehead atoms. The third kappa shape index (κ3) is 4.35. The van der Waals surface area contributed by atoms with Gasteiger partial charge < -0.3 is 5.11 Å². The highest BCUT2D eigenvalue weighted by atomic mass is 35.5. The summed E-state index contributed by atoms with van der Waals surface area (Å²) in [6, 6.07) is -0.132. The van der Waals surface area contributed by atoms with E-state index >= 15 is 0 Å². The fourth-order valence-electron chi connectivity index (χ4n) is 2.78. The number of nitrogens with zero attached hydrogens (tertiary/aromatic N) is 2. The minimum atomic E-state index is -0.805. The fraction of sp³-hybridized carbons (Fsp3) is 0.571. The van der Waals surface area contributed by atoms with Crippen LogP contribution in [0, 0.1) is 16.0 Å². The SMILES string of the molecule is C=C(Cl)/C=C\C(=C(/F)C1C[C@H](CO)N(C(C)C)C1P)[N+](=O)[O-]. The molecule has 8 heteroatoms. The highest BCUT2D eigenvalue weighted by molar-refractivity contribution is 7.17. The second-order valence-electron chi connectivity index (χ2n) is 5.48. The number of aliphatic hydroxyl groups is 1. The van der Waals surface area contributed by atoms with E-state index in [9.17, 15) is 19.6 Å². The molecule has 3 unspecified atom stereocenters. The number of allylic oxidation sites excluding steroid dienone is 3. The van der Waals surface area contributed by atoms with E-state index in [-0.39, 0.29) is 29.5 Å². The summed E-state index contributed by atoms with van der Waals surface area (Å²) in [5.41, 5.74) is -0.624. The summed E-state index contributed by atoms with van der Waals surface area (Å²) in [5.74, 6) is -1.79. The highest BCUT2D eigenvalue weighted by Crippen LogP contribution is 2.41. The Morgan fingerprint density at radius 2 is 2.23 bits per heavy atom. The lowest BCUT2D eigenvalue weighted by atomic mass is 10.0. The van der Waals surface area contributed by atoms with Gasteiger partial charge in [0, 0.05) is 34.9 Å². The van der Waals surface area contributed by atoms with Crippen molar-refractivity contribution in [2.45, 2.75) is 38.1 Å². The zero-order valence-electron chi connectivity index (χ0n) is 12.6. The maximum absolute atomic E-state index is 14.7. The second-order valence-corrected chi connectivity index (χ2v) is 6.65. The van der Waals surface area contributed by atoms with E-state index in [1.807, 2.05) is 18.7 Å². The predicted molar refractivity (Wildman–Crippen MR) is 88.7 cm³/mol. The molecular formula is C14H21ClFN2O3P. The summed E-state index contributed by atoms with van der Waals surface area (Å²) < 4.78 is 14.7. The average molecular weight is 351 g/mol. The molecule has 1 saturated heterocycles. The van der Waals surface area contributed by atoms with E-state index in [0.717, 1.165) is 6.08 Å². The lowest BCUT2D eigenvalue weighted by molar-refractivity contribution is -0.421. The lowest BCUT2D eigenvalue weighted by Crippen LogP contribution is -2.41. The molecule has 4 atom stereocenters. The van der Waals surface area contributed by atoms with E-state index in [2.05, 4.69) is 15.8 Å². The van der Waals surface area contributed by atoms with Crippen LogP contribution < -0.4 is 0 Å². The molecule has 0 saturated carbocycles. The van der Waals surface area contributed by atoms with Gasteiger partial charge in [0.2, 0.25) is 0 Å². The Bertz CT molecular complexity index is 510. The van der Waals surface area contributed by atoms with Crippen molar-refractivity contribution in [3.05, 3.63) is 45.4 Å². The number of hydrogen-bond acceptors (Lipinski definition) is 4. The zero-order valence-corrected chi connectivity index (χ0v) is 14.5. The quantitative estimate of drug-likeness (QED) is 0.346. The minimum absolute atomic E-state index is 0.0815. The van der Waals surface area contributed by atoms with Crippen molar-refractivity contribution in [1.82, 2.24) is 4.90 Å². The summed E-state index contributed by atoms with van der Waals surface area (Å²) in [5, 5.41) is 20.6. The van der Waals surface area contributed by atoms with Gasteiger partial charge in [-0.15, -0.1) is 9.24 Å². The van der Waals surface area contributed by atoms with Gasteiger partial charge in [-0.25, -0.2) is 4.39 Å². The molecule has 0 aromatic heterocycles. The maximum atomic E-state index is 14.7. The molecule has 1 aliphatic rings. The van der Waals surface area contributed by atoms with Crippen molar-refractivity contribution in [3.8, 4) is 0 Å². The first kappa shape index (κ1) is 19.2. The van der Waals surface area contributed by atoms with Gasteiger partial charge in [-0.3, -0.25) is 15.0 Å². The maximum Gasteiger partial charge on any atom is 0.300 e. The van der Waals surface area contributed by atoms with Crippen LogP contribution in [-0.2, 0) is 0 Å². The molecule has 0 spiro atoms. The largest absolute Gasteiger partial charge is 0.395 e. The fourth-order valence-corrected chi connectivity index (χ4v) is 3.76. The lowest BCUT2D eigenvalue weighted by Gasteiger charge is -2.31. The van der Waals surface area contributed by atoms with E-state index < -0.39 is 22.4 Å². The van der Waals surface area contributed by atoms with E-state index in [4.69, 9.17) is 11.6 Å². The molecule has 1 N–H and O–H groups in total. The van der Waals surface area contributed by atoms with Crippen LogP contribution in [0.2, 0.25) is 0 Å². The Morgan fingerprint density at radius 1 is 1.64 bits per heavy atom. The van der Waals surface area contributed by atoms with E-state index in [1.54, 1.807) is 0 Å². The van der Waals surface area contributed by atoms with Crippen molar-refractivity contribution >= 4 is 20.8 Å². The molecule has 1 fully saturated rings. The van der Waals surface area contributed by atoms with E-state index in [0.29, 0.717) is 6.42 Å². The minimum Gasteiger partial charge on any atom is -0.395 e. The van der Waals surface area contributed by atoms with Crippen molar-refractivity contribution in [3.63, 3.8) is 0 Å². The van der Waals surface area contributed by atoms with Gasteiger partial charge in [-0.05, 0) is 26.3 Å². The van der Waals surface area contributed by atoms with Crippen molar-refractivity contribution < 1.29 is 14.4 Å². The van der Waals surface area contributed by atoms with Gasteiger partial charge >= 0.3 is 5.70 Å². The monoisotopic (exact) mass is 350 g/mol. The Labute approximate surface area is 136 Å². The number of hydrogen-bond donors (Lipinski definition) is 1. The number of likely N-dealkylation sites (tertiary alicyclic amines) is 1. The first-order valence-corrected chi connectivity index (χ1v) is 7.95. The van der Waals surface area contributed by atoms with Crippen molar-refractivity contribution in [2.24, 2.45) is 5.92 Å². The molecule has 124 valence electrons. The highest BCUT2D eigenvalue weighted by Gasteiger charge is 2.43. The van der Waals surface area contributed by atoms with Gasteiger partial charge in [0.25, 0.3) is 0 Å². The average Bonchev–Trinajstić information content (AvgIpc) is 2.74. The number of halogens is 2. The third-order valence-electron chi connectivity index (χ3n) is 3.70. The van der Waals surface area contributed by atoms with Crippen LogP contribution in [-0.4, -0.2) is 39.4 Å². The standard InChI is InChI=1S/C14H21ClFN2O3P/c1-8(2)17-10(7-19)6-11(14(17)22)13(16)12(18(20)21)5-4-9(3)15/h4-5,8,10-11,14,19H,3,6-7,22H2,1-2H3/b5-4-,13-12+/t10-,11?,14?/m1/s1. The molecule has 22 heavy (non-hydrogen) atoms. The molecule has 0 aromatic rings. The molecule has 1 aliphatic heterocycles. The van der Waals surface area contributed by atoms with E-state index in [1.165, 1.54) is 6.08 Å². The summed E-state index contributed by atoms with van der Waals surface area (Å²) >= 11 is 5.54. The molecule has 1 heterocycles. The van der Waals surface area contributed by atoms with Crippen LogP contribution in [0.4, 0.5) is 4.39 Å². The molecular weight excluding hydrogens is 330 g/mol. The topological polar surface area (TPSA) is 66.6 Å². The smallest absolute Gasteiger partial charge is 0.300 e. The van der Waals surface area contributed by atoms with Gasteiger partial charge in [-0.1, -0.05) is 18.2 Å². The molecule has 0 aromatic carbocycles. The number of nitro groups is 1. The van der Waals surface area contributed by atoms with Crippen LogP contribution in [0.3, 0.4) is 0 Å². The second kappa shape index (κ2) is 8.16. The summed E-state index contributed by atoms with van der Waals surface area (Å²) in [6.45, 7) is 7.15. The summed E-state index contributed by atoms with van der Waals surface area (Å²) in [7, 11) is 2.52. The number of aliphatic hydroxyl groups excluding tert-OH is 1. The molecule has 1 rings (SSSR count). The molecule has 0 aliphatic carbocycles. The number of rotatable bonds is 6. The zero-order chi connectivity index (χ0) is 17.0. The van der Waals surface area contributed by atoms with Gasteiger partial charge in [0.1, 0.15) is 0 Å². The van der Waals surface area contributed by atoms with Crippen LogP contribution in [0.15, 0.2) is 35.3 Å². The van der Waals surface area contributed by atoms with Gasteiger partial charge in [0.05, 0.1) is 11.5 Å². The van der Waals surface area contributed by atoms with Gasteiger partial charge in [0.15, 0.2) is 5.83 Å². The first-order chi connectivity index (χ1) is 10.2. The molecule has 0 amide bonds. The van der Waals surface area contributed by atoms with Gasteiger partial charge in [-0.2, -0.15) is 0 Å². The van der Waals surface area contributed by atoms with Crippen molar-refractivity contribution in [2.75, 3.05) is 6.61 Å². The Balaban J connectivity index is 3.18. The molecule has 0 radical (unpaired) electrons. The predicted octanol–water partition coefficient (Wildman–Crippen LogP) is 3.05. The normalized spacial score (nSPS) is 27.5. The van der Waals surface area contributed by atoms with Crippen LogP contribution in [0.5, 0.6) is 0 Å². The third-order valence-corrected chi connectivity index (χ3v) is 4.64. The van der Waals surface area contributed by atoms with Crippen LogP contribution in [0.1, 0.15) is 20.3 Å². The Morgan fingerprint density at radius 3 is 2.59 bits per heavy atom. The van der Waals surface area contributed by atoms with Crippen molar-refractivity contribution in [1.29, 1.82) is 0 Å².